The number of amides is 1. The van der Waals surface area contributed by atoms with E-state index in [0.29, 0.717) is 23.4 Å². The first-order valence-corrected chi connectivity index (χ1v) is 6.85. The van der Waals surface area contributed by atoms with E-state index in [1.807, 2.05) is 45.0 Å². The molecule has 1 atom stereocenters. The Morgan fingerprint density at radius 2 is 1.95 bits per heavy atom. The predicted octanol–water partition coefficient (Wildman–Crippen LogP) is 3.34. The summed E-state index contributed by atoms with van der Waals surface area (Å²) in [7, 11) is 0. The fourth-order valence-electron chi connectivity index (χ4n) is 2.16. The number of carbonyl (C=O) groups excluding carboxylic acids is 1. The van der Waals surface area contributed by atoms with Crippen LogP contribution in [0.1, 0.15) is 52.8 Å². The van der Waals surface area contributed by atoms with Crippen molar-refractivity contribution in [1.29, 1.82) is 0 Å². The lowest BCUT2D eigenvalue weighted by atomic mass is 10.1. The molecule has 1 N–H and O–H groups in total. The van der Waals surface area contributed by atoms with Gasteiger partial charge in [0.1, 0.15) is 11.3 Å². The maximum Gasteiger partial charge on any atom is 0.257 e. The molecule has 0 spiro atoms. The Kier molecular flexibility index (Phi) is 4.23. The molecule has 1 amide bonds. The van der Waals surface area contributed by atoms with E-state index in [-0.39, 0.29) is 11.9 Å². The number of carbonyl (C=O) groups is 1. The van der Waals surface area contributed by atoms with Crippen molar-refractivity contribution in [3.63, 3.8) is 0 Å². The summed E-state index contributed by atoms with van der Waals surface area (Å²) >= 11 is 0. The summed E-state index contributed by atoms with van der Waals surface area (Å²) in [5, 5.41) is 6.91. The number of nitrogens with one attached hydrogen (secondary N) is 1. The first kappa shape index (κ1) is 14.3. The molecular formula is C16H20N2O2. The minimum absolute atomic E-state index is 0.0536. The van der Waals surface area contributed by atoms with Crippen molar-refractivity contribution >= 4 is 5.91 Å². The van der Waals surface area contributed by atoms with Crippen molar-refractivity contribution in [3.8, 4) is 0 Å². The van der Waals surface area contributed by atoms with Gasteiger partial charge in [-0.3, -0.25) is 4.79 Å². The number of hydrogen-bond acceptors (Lipinski definition) is 3. The molecule has 0 unspecified atom stereocenters. The molecule has 0 aliphatic carbocycles. The summed E-state index contributed by atoms with van der Waals surface area (Å²) in [5.41, 5.74) is 3.55. The monoisotopic (exact) mass is 272 g/mol. The number of aromatic nitrogens is 1. The summed E-state index contributed by atoms with van der Waals surface area (Å²) in [4.78, 5) is 12.3. The van der Waals surface area contributed by atoms with E-state index in [4.69, 9.17) is 4.52 Å². The van der Waals surface area contributed by atoms with Gasteiger partial charge < -0.3 is 9.84 Å². The zero-order valence-corrected chi connectivity index (χ0v) is 12.4. The van der Waals surface area contributed by atoms with Gasteiger partial charge in [0.25, 0.3) is 5.91 Å². The summed E-state index contributed by atoms with van der Waals surface area (Å²) in [6.45, 7) is 7.73. The SMILES string of the molecule is CCc1noc(C)c1C(=O)N[C@H](C)c1ccc(C)cc1. The highest BCUT2D eigenvalue weighted by Gasteiger charge is 2.20. The fourth-order valence-corrected chi connectivity index (χ4v) is 2.16. The Balaban J connectivity index is 2.15. The summed E-state index contributed by atoms with van der Waals surface area (Å²) in [6, 6.07) is 8.09. The Labute approximate surface area is 119 Å². The summed E-state index contributed by atoms with van der Waals surface area (Å²) < 4.78 is 5.10. The van der Waals surface area contributed by atoms with Crippen molar-refractivity contribution in [2.75, 3.05) is 0 Å². The third-order valence-electron chi connectivity index (χ3n) is 3.42. The van der Waals surface area contributed by atoms with Crippen molar-refractivity contribution in [3.05, 3.63) is 52.4 Å². The van der Waals surface area contributed by atoms with Crippen LogP contribution in [-0.2, 0) is 6.42 Å². The second kappa shape index (κ2) is 5.90. The van der Waals surface area contributed by atoms with Crippen LogP contribution in [-0.4, -0.2) is 11.1 Å². The summed E-state index contributed by atoms with van der Waals surface area (Å²) in [5.74, 6) is 0.434. The zero-order valence-electron chi connectivity index (χ0n) is 12.4. The first-order valence-electron chi connectivity index (χ1n) is 6.85. The van der Waals surface area contributed by atoms with Gasteiger partial charge in [-0.25, -0.2) is 0 Å². The Morgan fingerprint density at radius 3 is 2.55 bits per heavy atom. The first-order chi connectivity index (χ1) is 9.52. The molecule has 1 aromatic heterocycles. The maximum absolute atomic E-state index is 12.3. The standard InChI is InChI=1S/C16H20N2O2/c1-5-14-15(12(4)20-18-14)16(19)17-11(3)13-8-6-10(2)7-9-13/h6-9,11H,5H2,1-4H3,(H,17,19)/t11-/m1/s1. The average molecular weight is 272 g/mol. The van der Waals surface area contributed by atoms with Gasteiger partial charge in [0, 0.05) is 0 Å². The molecule has 0 saturated carbocycles. The van der Waals surface area contributed by atoms with Crippen LogP contribution in [0, 0.1) is 13.8 Å². The van der Waals surface area contributed by atoms with Crippen LogP contribution in [0.25, 0.3) is 0 Å². The zero-order chi connectivity index (χ0) is 14.7. The number of nitrogens with zero attached hydrogens (tertiary/aromatic N) is 1. The lowest BCUT2D eigenvalue weighted by Gasteiger charge is -2.14. The fraction of sp³-hybridized carbons (Fsp3) is 0.375. The summed E-state index contributed by atoms with van der Waals surface area (Å²) in [6.07, 6.45) is 0.680. The molecule has 2 rings (SSSR count). The normalized spacial score (nSPS) is 12.2. The van der Waals surface area contributed by atoms with E-state index in [2.05, 4.69) is 10.5 Å². The molecule has 4 heteroatoms. The van der Waals surface area contributed by atoms with Gasteiger partial charge in [0.2, 0.25) is 0 Å². The number of aryl methyl sites for hydroxylation is 3. The second-order valence-electron chi connectivity index (χ2n) is 5.02. The Bertz CT molecular complexity index is 599. The van der Waals surface area contributed by atoms with Gasteiger partial charge in [-0.15, -0.1) is 0 Å². The van der Waals surface area contributed by atoms with Gasteiger partial charge >= 0.3 is 0 Å². The molecule has 0 aliphatic rings. The highest BCUT2D eigenvalue weighted by atomic mass is 16.5. The van der Waals surface area contributed by atoms with Gasteiger partial charge in [-0.2, -0.15) is 0 Å². The maximum atomic E-state index is 12.3. The highest BCUT2D eigenvalue weighted by molar-refractivity contribution is 5.96. The van der Waals surface area contributed by atoms with E-state index in [1.54, 1.807) is 6.92 Å². The molecule has 0 bridgehead atoms. The molecule has 4 nitrogen and oxygen atoms in total. The predicted molar refractivity (Wildman–Crippen MR) is 77.7 cm³/mol. The van der Waals surface area contributed by atoms with Crippen molar-refractivity contribution in [2.24, 2.45) is 0 Å². The minimum atomic E-state index is -0.131. The van der Waals surface area contributed by atoms with Crippen molar-refractivity contribution < 1.29 is 9.32 Å². The molecule has 20 heavy (non-hydrogen) atoms. The van der Waals surface area contributed by atoms with Gasteiger partial charge in [-0.1, -0.05) is 41.9 Å². The van der Waals surface area contributed by atoms with Crippen molar-refractivity contribution in [1.82, 2.24) is 10.5 Å². The molecule has 0 saturated heterocycles. The Morgan fingerprint density at radius 1 is 1.30 bits per heavy atom. The second-order valence-corrected chi connectivity index (χ2v) is 5.02. The van der Waals surface area contributed by atoms with Crippen LogP contribution in [0.3, 0.4) is 0 Å². The lowest BCUT2D eigenvalue weighted by Crippen LogP contribution is -2.27. The molecule has 1 aromatic carbocycles. The smallest absolute Gasteiger partial charge is 0.257 e. The third-order valence-corrected chi connectivity index (χ3v) is 3.42. The number of hydrogen-bond donors (Lipinski definition) is 1. The molecular weight excluding hydrogens is 252 g/mol. The number of rotatable bonds is 4. The quantitative estimate of drug-likeness (QED) is 0.928. The van der Waals surface area contributed by atoms with E-state index in [0.717, 1.165) is 5.56 Å². The van der Waals surface area contributed by atoms with Crippen LogP contribution < -0.4 is 5.32 Å². The minimum Gasteiger partial charge on any atom is -0.361 e. The molecule has 106 valence electrons. The van der Waals surface area contributed by atoms with Crippen LogP contribution in [0.2, 0.25) is 0 Å². The van der Waals surface area contributed by atoms with Crippen LogP contribution >= 0.6 is 0 Å². The van der Waals surface area contributed by atoms with Crippen LogP contribution in [0.5, 0.6) is 0 Å². The Hall–Kier alpha value is -2.10. The van der Waals surface area contributed by atoms with Crippen LogP contribution in [0.15, 0.2) is 28.8 Å². The van der Waals surface area contributed by atoms with E-state index in [9.17, 15) is 4.79 Å². The molecule has 0 fully saturated rings. The lowest BCUT2D eigenvalue weighted by molar-refractivity contribution is 0.0937. The topological polar surface area (TPSA) is 55.1 Å². The van der Waals surface area contributed by atoms with E-state index >= 15 is 0 Å². The van der Waals surface area contributed by atoms with Gasteiger partial charge in [0.05, 0.1) is 11.7 Å². The van der Waals surface area contributed by atoms with Crippen LogP contribution in [0.4, 0.5) is 0 Å². The molecule has 1 heterocycles. The highest BCUT2D eigenvalue weighted by Crippen LogP contribution is 2.17. The molecule has 0 radical (unpaired) electrons. The van der Waals surface area contributed by atoms with Gasteiger partial charge in [0.15, 0.2) is 0 Å². The van der Waals surface area contributed by atoms with Gasteiger partial charge in [-0.05, 0) is 32.8 Å². The number of benzene rings is 1. The molecule has 2 aromatic rings. The average Bonchev–Trinajstić information content (AvgIpc) is 2.80. The van der Waals surface area contributed by atoms with E-state index in [1.165, 1.54) is 5.56 Å². The van der Waals surface area contributed by atoms with E-state index < -0.39 is 0 Å². The largest absolute Gasteiger partial charge is 0.361 e. The third kappa shape index (κ3) is 2.90. The molecule has 0 aliphatic heterocycles. The van der Waals surface area contributed by atoms with Crippen molar-refractivity contribution in [2.45, 2.75) is 40.2 Å².